The Morgan fingerprint density at radius 3 is 2.59 bits per heavy atom. The van der Waals surface area contributed by atoms with Gasteiger partial charge in [0.25, 0.3) is 5.91 Å². The van der Waals surface area contributed by atoms with E-state index < -0.39 is 0 Å². The van der Waals surface area contributed by atoms with E-state index in [-0.39, 0.29) is 5.91 Å². The van der Waals surface area contributed by atoms with Gasteiger partial charge in [-0.3, -0.25) is 4.79 Å². The number of nitrogen functional groups attached to an aromatic ring is 1. The van der Waals surface area contributed by atoms with Gasteiger partial charge in [-0.15, -0.1) is 0 Å². The number of nitrogens with zero attached hydrogens (tertiary/aromatic N) is 1. The lowest BCUT2D eigenvalue weighted by Crippen LogP contribution is -2.34. The van der Waals surface area contributed by atoms with E-state index in [1.165, 1.54) is 0 Å². The molecule has 0 fully saturated rings. The van der Waals surface area contributed by atoms with E-state index in [2.05, 4.69) is 13.8 Å². The van der Waals surface area contributed by atoms with E-state index in [9.17, 15) is 4.79 Å². The molecule has 0 aliphatic heterocycles. The summed E-state index contributed by atoms with van der Waals surface area (Å²) in [5.41, 5.74) is 6.71. The second-order valence-corrected chi connectivity index (χ2v) is 4.88. The van der Waals surface area contributed by atoms with Crippen LogP contribution < -0.4 is 5.73 Å². The van der Waals surface area contributed by atoms with Crippen molar-refractivity contribution >= 4 is 23.2 Å². The van der Waals surface area contributed by atoms with E-state index in [0.717, 1.165) is 6.54 Å². The molecular weight excluding hydrogens is 236 g/mol. The number of rotatable bonds is 4. The predicted molar refractivity (Wildman–Crippen MR) is 72.3 cm³/mol. The van der Waals surface area contributed by atoms with Crippen molar-refractivity contribution in [2.45, 2.75) is 20.8 Å². The summed E-state index contributed by atoms with van der Waals surface area (Å²) in [6.45, 7) is 7.59. The van der Waals surface area contributed by atoms with Gasteiger partial charge >= 0.3 is 0 Å². The molecule has 94 valence electrons. The van der Waals surface area contributed by atoms with Crippen LogP contribution in [0.25, 0.3) is 0 Å². The molecule has 1 aromatic carbocycles. The number of carbonyl (C=O) groups excluding carboxylic acids is 1. The fraction of sp³-hybridized carbons (Fsp3) is 0.462. The van der Waals surface area contributed by atoms with Gasteiger partial charge in [-0.2, -0.15) is 0 Å². The van der Waals surface area contributed by atoms with E-state index in [1.54, 1.807) is 18.2 Å². The third kappa shape index (κ3) is 3.63. The monoisotopic (exact) mass is 254 g/mol. The van der Waals surface area contributed by atoms with Crippen LogP contribution in [0.3, 0.4) is 0 Å². The Labute approximate surface area is 108 Å². The minimum absolute atomic E-state index is 0.00287. The van der Waals surface area contributed by atoms with Crippen LogP contribution in [0.1, 0.15) is 31.1 Å². The van der Waals surface area contributed by atoms with E-state index in [0.29, 0.717) is 28.7 Å². The molecule has 1 rings (SSSR count). The van der Waals surface area contributed by atoms with Gasteiger partial charge in [0, 0.05) is 18.7 Å². The van der Waals surface area contributed by atoms with Gasteiger partial charge in [-0.05, 0) is 31.0 Å². The van der Waals surface area contributed by atoms with Crippen molar-refractivity contribution in [3.8, 4) is 0 Å². The lowest BCUT2D eigenvalue weighted by molar-refractivity contribution is 0.0746. The molecule has 0 spiro atoms. The molecule has 0 unspecified atom stereocenters. The third-order valence-electron chi connectivity index (χ3n) is 2.50. The van der Waals surface area contributed by atoms with Crippen LogP contribution in [0, 0.1) is 5.92 Å². The average molecular weight is 255 g/mol. The summed E-state index contributed by atoms with van der Waals surface area (Å²) in [6.07, 6.45) is 0. The molecule has 0 radical (unpaired) electrons. The number of hydrogen-bond acceptors (Lipinski definition) is 2. The largest absolute Gasteiger partial charge is 0.398 e. The summed E-state index contributed by atoms with van der Waals surface area (Å²) in [5.74, 6) is 0.450. The molecule has 1 aromatic rings. The van der Waals surface area contributed by atoms with E-state index >= 15 is 0 Å². The lowest BCUT2D eigenvalue weighted by Gasteiger charge is -2.23. The number of benzene rings is 1. The Bertz CT molecular complexity index is 404. The van der Waals surface area contributed by atoms with Gasteiger partial charge in [0.2, 0.25) is 0 Å². The van der Waals surface area contributed by atoms with Gasteiger partial charge in [0.15, 0.2) is 0 Å². The first-order chi connectivity index (χ1) is 7.95. The highest BCUT2D eigenvalue weighted by atomic mass is 35.5. The fourth-order valence-corrected chi connectivity index (χ4v) is 1.82. The smallest absolute Gasteiger partial charge is 0.253 e. The second-order valence-electron chi connectivity index (χ2n) is 4.47. The van der Waals surface area contributed by atoms with Gasteiger partial charge in [-0.25, -0.2) is 0 Å². The van der Waals surface area contributed by atoms with Crippen LogP contribution in [0.15, 0.2) is 18.2 Å². The van der Waals surface area contributed by atoms with Crippen molar-refractivity contribution < 1.29 is 4.79 Å². The fourth-order valence-electron chi connectivity index (χ4n) is 1.64. The predicted octanol–water partition coefficient (Wildman–Crippen LogP) is 3.04. The third-order valence-corrected chi connectivity index (χ3v) is 2.83. The number of halogens is 1. The molecule has 0 saturated carbocycles. The molecule has 0 aliphatic carbocycles. The van der Waals surface area contributed by atoms with Crippen molar-refractivity contribution in [1.29, 1.82) is 0 Å². The molecule has 0 aromatic heterocycles. The molecule has 2 N–H and O–H groups in total. The van der Waals surface area contributed by atoms with Crippen molar-refractivity contribution in [1.82, 2.24) is 4.90 Å². The Kier molecular flexibility index (Phi) is 4.82. The molecule has 4 heteroatoms. The summed E-state index contributed by atoms with van der Waals surface area (Å²) in [7, 11) is 0. The van der Waals surface area contributed by atoms with Gasteiger partial charge in [0.1, 0.15) is 0 Å². The molecule has 1 amide bonds. The first-order valence-electron chi connectivity index (χ1n) is 5.80. The Morgan fingerprint density at radius 1 is 1.47 bits per heavy atom. The summed E-state index contributed by atoms with van der Waals surface area (Å²) in [6, 6.07) is 5.01. The first-order valence-corrected chi connectivity index (χ1v) is 6.17. The number of hydrogen-bond donors (Lipinski definition) is 1. The van der Waals surface area contributed by atoms with Gasteiger partial charge < -0.3 is 10.6 Å². The summed E-state index contributed by atoms with van der Waals surface area (Å²) in [5, 5.41) is 0.427. The molecule has 0 saturated heterocycles. The van der Waals surface area contributed by atoms with Crippen molar-refractivity contribution in [2.24, 2.45) is 5.92 Å². The summed E-state index contributed by atoms with van der Waals surface area (Å²) < 4.78 is 0. The maximum Gasteiger partial charge on any atom is 0.253 e. The molecule has 0 bridgehead atoms. The minimum Gasteiger partial charge on any atom is -0.398 e. The molecular formula is C13H19ClN2O. The minimum atomic E-state index is 0.00287. The van der Waals surface area contributed by atoms with Gasteiger partial charge in [-0.1, -0.05) is 25.4 Å². The zero-order valence-electron chi connectivity index (χ0n) is 10.5. The van der Waals surface area contributed by atoms with Crippen LogP contribution >= 0.6 is 11.6 Å². The maximum atomic E-state index is 12.2. The highest BCUT2D eigenvalue weighted by molar-refractivity contribution is 6.33. The Hall–Kier alpha value is -1.22. The van der Waals surface area contributed by atoms with Crippen LogP contribution in [-0.4, -0.2) is 23.9 Å². The summed E-state index contributed by atoms with van der Waals surface area (Å²) in [4.78, 5) is 14.0. The molecule has 0 heterocycles. The van der Waals surface area contributed by atoms with E-state index in [4.69, 9.17) is 17.3 Å². The number of anilines is 1. The highest BCUT2D eigenvalue weighted by Crippen LogP contribution is 2.20. The van der Waals surface area contributed by atoms with Crippen LogP contribution in [0.4, 0.5) is 5.69 Å². The number of amides is 1. The summed E-state index contributed by atoms with van der Waals surface area (Å²) >= 11 is 5.92. The molecule has 0 aliphatic rings. The molecule has 0 atom stereocenters. The van der Waals surface area contributed by atoms with Crippen molar-refractivity contribution in [3.63, 3.8) is 0 Å². The van der Waals surface area contributed by atoms with Crippen LogP contribution in [0.2, 0.25) is 5.02 Å². The standard InChI is InChI=1S/C13H19ClN2O/c1-4-16(8-9(2)3)13(17)10-5-6-12(15)11(14)7-10/h5-7,9H,4,8,15H2,1-3H3. The topological polar surface area (TPSA) is 46.3 Å². The first kappa shape index (κ1) is 13.8. The SMILES string of the molecule is CCN(CC(C)C)C(=O)c1ccc(N)c(Cl)c1. The van der Waals surface area contributed by atoms with Gasteiger partial charge in [0.05, 0.1) is 10.7 Å². The molecule has 17 heavy (non-hydrogen) atoms. The van der Waals surface area contributed by atoms with Crippen LogP contribution in [0.5, 0.6) is 0 Å². The zero-order valence-corrected chi connectivity index (χ0v) is 11.3. The normalized spacial score (nSPS) is 10.6. The Balaban J connectivity index is 2.90. The maximum absolute atomic E-state index is 12.2. The van der Waals surface area contributed by atoms with Crippen molar-refractivity contribution in [3.05, 3.63) is 28.8 Å². The lowest BCUT2D eigenvalue weighted by atomic mass is 10.1. The van der Waals surface area contributed by atoms with Crippen LogP contribution in [-0.2, 0) is 0 Å². The Morgan fingerprint density at radius 2 is 2.12 bits per heavy atom. The zero-order chi connectivity index (χ0) is 13.0. The quantitative estimate of drug-likeness (QED) is 0.840. The molecule has 3 nitrogen and oxygen atoms in total. The van der Waals surface area contributed by atoms with Crippen molar-refractivity contribution in [2.75, 3.05) is 18.8 Å². The highest BCUT2D eigenvalue weighted by Gasteiger charge is 2.15. The van der Waals surface area contributed by atoms with E-state index in [1.807, 2.05) is 11.8 Å². The average Bonchev–Trinajstić information content (AvgIpc) is 2.28. The second kappa shape index (κ2) is 5.92. The number of nitrogens with two attached hydrogens (primary N) is 1. The number of carbonyl (C=O) groups is 1.